The summed E-state index contributed by atoms with van der Waals surface area (Å²) in [6.07, 6.45) is 1.30. The van der Waals surface area contributed by atoms with E-state index in [-0.39, 0.29) is 34.1 Å². The Morgan fingerprint density at radius 1 is 1.08 bits per heavy atom. The number of carbonyl (C=O) groups is 2. The van der Waals surface area contributed by atoms with Crippen molar-refractivity contribution in [3.8, 4) is 17.6 Å². The zero-order valence-corrected chi connectivity index (χ0v) is 18.9. The van der Waals surface area contributed by atoms with E-state index >= 15 is 0 Å². The molecule has 0 saturated heterocycles. The second-order valence-corrected chi connectivity index (χ2v) is 7.16. The first-order valence-corrected chi connectivity index (χ1v) is 10.3. The van der Waals surface area contributed by atoms with Crippen LogP contribution >= 0.6 is 0 Å². The smallest absolute Gasteiger partial charge is 0.271 e. The molecule has 0 aliphatic carbocycles. The molecule has 3 rings (SSSR count). The number of hydrogen-bond acceptors (Lipinski definition) is 7. The maximum absolute atomic E-state index is 13.7. The minimum absolute atomic E-state index is 0.0194. The van der Waals surface area contributed by atoms with Crippen LogP contribution in [-0.2, 0) is 9.59 Å². The molecule has 3 aromatic carbocycles. The van der Waals surface area contributed by atoms with Gasteiger partial charge in [-0.15, -0.1) is 0 Å². The predicted molar refractivity (Wildman–Crippen MR) is 129 cm³/mol. The van der Waals surface area contributed by atoms with E-state index in [0.29, 0.717) is 5.56 Å². The lowest BCUT2D eigenvalue weighted by Gasteiger charge is -2.12. The molecule has 0 atom stereocenters. The van der Waals surface area contributed by atoms with Crippen molar-refractivity contribution in [1.82, 2.24) is 0 Å². The van der Waals surface area contributed by atoms with E-state index in [2.05, 4.69) is 10.6 Å². The summed E-state index contributed by atoms with van der Waals surface area (Å²) in [7, 11) is 1.37. The maximum Gasteiger partial charge on any atom is 0.271 e. The molecular weight excluding hydrogens is 471 g/mol. The summed E-state index contributed by atoms with van der Waals surface area (Å²) in [6, 6.07) is 17.3. The van der Waals surface area contributed by atoms with Gasteiger partial charge in [0.2, 0.25) is 0 Å². The Hall–Kier alpha value is -5.24. The van der Waals surface area contributed by atoms with Crippen LogP contribution in [0.5, 0.6) is 11.5 Å². The Morgan fingerprint density at radius 2 is 1.86 bits per heavy atom. The molecule has 182 valence electrons. The molecule has 0 aliphatic rings. The first-order chi connectivity index (χ1) is 17.3. The van der Waals surface area contributed by atoms with Crippen LogP contribution in [0.15, 0.2) is 72.3 Å². The molecule has 0 aliphatic heterocycles. The molecule has 0 heterocycles. The number of ether oxygens (including phenoxy) is 2. The number of nitrogens with zero attached hydrogens (tertiary/aromatic N) is 2. The van der Waals surface area contributed by atoms with Gasteiger partial charge in [-0.2, -0.15) is 5.26 Å². The van der Waals surface area contributed by atoms with Gasteiger partial charge < -0.3 is 20.1 Å². The number of halogens is 1. The van der Waals surface area contributed by atoms with Gasteiger partial charge in [0.1, 0.15) is 17.5 Å². The number of carbonyl (C=O) groups excluding carboxylic acids is 2. The second-order valence-electron chi connectivity index (χ2n) is 7.16. The topological polar surface area (TPSA) is 144 Å². The Labute approximate surface area is 204 Å². The number of anilines is 2. The molecule has 0 fully saturated rings. The van der Waals surface area contributed by atoms with E-state index in [9.17, 15) is 29.4 Å². The monoisotopic (exact) mass is 490 g/mol. The van der Waals surface area contributed by atoms with Gasteiger partial charge in [0.05, 0.1) is 17.7 Å². The van der Waals surface area contributed by atoms with E-state index in [1.54, 1.807) is 12.1 Å². The van der Waals surface area contributed by atoms with E-state index in [0.717, 1.165) is 0 Å². The highest BCUT2D eigenvalue weighted by molar-refractivity contribution is 6.09. The third kappa shape index (κ3) is 6.64. The van der Waals surface area contributed by atoms with Crippen molar-refractivity contribution in [2.45, 2.75) is 0 Å². The predicted octanol–water partition coefficient (Wildman–Crippen LogP) is 4.31. The van der Waals surface area contributed by atoms with Crippen molar-refractivity contribution in [2.75, 3.05) is 24.4 Å². The highest BCUT2D eigenvalue weighted by Crippen LogP contribution is 2.29. The van der Waals surface area contributed by atoms with E-state index < -0.39 is 29.2 Å². The number of benzene rings is 3. The lowest BCUT2D eigenvalue weighted by Crippen LogP contribution is -2.20. The molecule has 2 amide bonds. The molecular formula is C25H19FN4O6. The SMILES string of the molecule is COc1cc(/C=C(/C#N)C(=O)Nc2cccc([N+](=O)[O-])c2)ccc1OCC(=O)Nc1ccccc1F. The number of nitro benzene ring substituents is 1. The molecule has 0 unspecified atom stereocenters. The standard InChI is InChI=1S/C25H19FN4O6/c1-35-23-12-16(9-10-22(23)36-15-24(31)29-21-8-3-2-7-20(21)26)11-17(14-27)25(32)28-18-5-4-6-19(13-18)30(33)34/h2-13H,15H2,1H3,(H,28,32)(H,29,31)/b17-11-. The number of para-hydroxylation sites is 1. The van der Waals surface area contributed by atoms with Gasteiger partial charge in [-0.25, -0.2) is 4.39 Å². The Balaban J connectivity index is 1.69. The molecule has 10 nitrogen and oxygen atoms in total. The Morgan fingerprint density at radius 3 is 2.56 bits per heavy atom. The number of hydrogen-bond donors (Lipinski definition) is 2. The number of nitro groups is 1. The summed E-state index contributed by atoms with van der Waals surface area (Å²) < 4.78 is 24.4. The van der Waals surface area contributed by atoms with Crippen LogP contribution < -0.4 is 20.1 Å². The highest BCUT2D eigenvalue weighted by atomic mass is 19.1. The number of rotatable bonds is 9. The van der Waals surface area contributed by atoms with E-state index in [1.165, 1.54) is 73.8 Å². The minimum atomic E-state index is -0.762. The van der Waals surface area contributed by atoms with E-state index in [4.69, 9.17) is 9.47 Å². The van der Waals surface area contributed by atoms with Crippen molar-refractivity contribution in [1.29, 1.82) is 5.26 Å². The average Bonchev–Trinajstić information content (AvgIpc) is 2.87. The Bertz CT molecular complexity index is 1380. The third-order valence-corrected chi connectivity index (χ3v) is 4.69. The van der Waals surface area contributed by atoms with Crippen LogP contribution in [-0.4, -0.2) is 30.5 Å². The van der Waals surface area contributed by atoms with Crippen LogP contribution in [0, 0.1) is 27.3 Å². The van der Waals surface area contributed by atoms with Crippen molar-refractivity contribution >= 4 is 35.0 Å². The van der Waals surface area contributed by atoms with Gasteiger partial charge in [-0.3, -0.25) is 19.7 Å². The van der Waals surface area contributed by atoms with Crippen molar-refractivity contribution in [3.63, 3.8) is 0 Å². The summed E-state index contributed by atoms with van der Waals surface area (Å²) in [5.41, 5.74) is 0.122. The first kappa shape index (κ1) is 25.4. The summed E-state index contributed by atoms with van der Waals surface area (Å²) in [5.74, 6) is -1.50. The van der Waals surface area contributed by atoms with Crippen molar-refractivity contribution in [3.05, 3.63) is 93.8 Å². The van der Waals surface area contributed by atoms with Crippen molar-refractivity contribution < 1.29 is 28.4 Å². The first-order valence-electron chi connectivity index (χ1n) is 10.3. The summed E-state index contributed by atoms with van der Waals surface area (Å²) in [6.45, 7) is -0.422. The average molecular weight is 490 g/mol. The lowest BCUT2D eigenvalue weighted by molar-refractivity contribution is -0.384. The molecule has 36 heavy (non-hydrogen) atoms. The van der Waals surface area contributed by atoms with Gasteiger partial charge in [-0.05, 0) is 42.0 Å². The third-order valence-electron chi connectivity index (χ3n) is 4.69. The minimum Gasteiger partial charge on any atom is -0.493 e. The molecule has 0 saturated carbocycles. The van der Waals surface area contributed by atoms with Gasteiger partial charge in [-0.1, -0.05) is 24.3 Å². The molecule has 0 bridgehead atoms. The van der Waals surface area contributed by atoms with Crippen LogP contribution in [0.2, 0.25) is 0 Å². The number of nitriles is 1. The van der Waals surface area contributed by atoms with Gasteiger partial charge >= 0.3 is 0 Å². The highest BCUT2D eigenvalue weighted by Gasteiger charge is 2.14. The van der Waals surface area contributed by atoms with Crippen LogP contribution in [0.4, 0.5) is 21.5 Å². The normalized spacial score (nSPS) is 10.6. The fraction of sp³-hybridized carbons (Fsp3) is 0.0800. The molecule has 0 radical (unpaired) electrons. The zero-order chi connectivity index (χ0) is 26.1. The second kappa shape index (κ2) is 11.8. The number of methoxy groups -OCH3 is 1. The summed E-state index contributed by atoms with van der Waals surface area (Å²) >= 11 is 0. The van der Waals surface area contributed by atoms with E-state index in [1.807, 2.05) is 0 Å². The molecule has 2 N–H and O–H groups in total. The van der Waals surface area contributed by atoms with Gasteiger partial charge in [0.15, 0.2) is 18.1 Å². The van der Waals surface area contributed by atoms with Crippen LogP contribution in [0.25, 0.3) is 6.08 Å². The summed E-state index contributed by atoms with van der Waals surface area (Å²) in [5, 5.41) is 25.2. The largest absolute Gasteiger partial charge is 0.493 e. The molecule has 3 aromatic rings. The van der Waals surface area contributed by atoms with Crippen molar-refractivity contribution in [2.24, 2.45) is 0 Å². The number of non-ortho nitro benzene ring substituents is 1. The fourth-order valence-corrected chi connectivity index (χ4v) is 3.00. The Kier molecular flexibility index (Phi) is 8.29. The maximum atomic E-state index is 13.7. The molecule has 11 heteroatoms. The molecule has 0 spiro atoms. The quantitative estimate of drug-likeness (QED) is 0.197. The zero-order valence-electron chi connectivity index (χ0n) is 18.9. The lowest BCUT2D eigenvalue weighted by atomic mass is 10.1. The number of nitrogens with one attached hydrogen (secondary N) is 2. The summed E-state index contributed by atoms with van der Waals surface area (Å²) in [4.78, 5) is 34.9. The number of amides is 2. The fourth-order valence-electron chi connectivity index (χ4n) is 3.00. The van der Waals surface area contributed by atoms with Crippen LogP contribution in [0.1, 0.15) is 5.56 Å². The molecule has 0 aromatic heterocycles. The van der Waals surface area contributed by atoms with Gasteiger partial charge in [0, 0.05) is 17.8 Å². The van der Waals surface area contributed by atoms with Gasteiger partial charge in [0.25, 0.3) is 17.5 Å². The van der Waals surface area contributed by atoms with Crippen LogP contribution in [0.3, 0.4) is 0 Å².